The Kier molecular flexibility index (Phi) is 6.90. The molecule has 0 spiro atoms. The van der Waals surface area contributed by atoms with Gasteiger partial charge in [-0.2, -0.15) is 0 Å². The molecular weight excluding hydrogens is 340 g/mol. The van der Waals surface area contributed by atoms with Gasteiger partial charge in [-0.3, -0.25) is 19.6 Å². The summed E-state index contributed by atoms with van der Waals surface area (Å²) in [5.74, 6) is 0.0535. The van der Waals surface area contributed by atoms with Crippen LogP contribution < -0.4 is 5.32 Å². The SMILES string of the molecule is O=C(NCCCc1ccccn1)C1CCC(=O)N(CCc2ccccn2)C1. The summed E-state index contributed by atoms with van der Waals surface area (Å²) in [4.78, 5) is 35.0. The number of piperidine rings is 1. The summed E-state index contributed by atoms with van der Waals surface area (Å²) >= 11 is 0. The second-order valence-corrected chi connectivity index (χ2v) is 6.86. The van der Waals surface area contributed by atoms with Gasteiger partial charge in [0.1, 0.15) is 0 Å². The first-order valence-electron chi connectivity index (χ1n) is 9.57. The van der Waals surface area contributed by atoms with Gasteiger partial charge < -0.3 is 10.2 Å². The number of hydrogen-bond donors (Lipinski definition) is 1. The molecule has 0 saturated carbocycles. The van der Waals surface area contributed by atoms with Crippen molar-refractivity contribution in [3.05, 3.63) is 60.2 Å². The molecule has 1 N–H and O–H groups in total. The van der Waals surface area contributed by atoms with Crippen molar-refractivity contribution in [3.63, 3.8) is 0 Å². The van der Waals surface area contributed by atoms with Crippen LogP contribution in [0.15, 0.2) is 48.8 Å². The van der Waals surface area contributed by atoms with E-state index in [1.807, 2.05) is 36.4 Å². The Balaban J connectivity index is 1.41. The number of rotatable bonds is 8. The lowest BCUT2D eigenvalue weighted by molar-refractivity contribution is -0.138. The van der Waals surface area contributed by atoms with E-state index in [-0.39, 0.29) is 17.7 Å². The van der Waals surface area contributed by atoms with E-state index in [9.17, 15) is 9.59 Å². The Bertz CT molecular complexity index is 736. The van der Waals surface area contributed by atoms with Crippen LogP contribution in [0.3, 0.4) is 0 Å². The van der Waals surface area contributed by atoms with Crippen LogP contribution in [0.1, 0.15) is 30.7 Å². The molecule has 3 heterocycles. The molecule has 1 aliphatic heterocycles. The molecule has 1 unspecified atom stereocenters. The lowest BCUT2D eigenvalue weighted by Crippen LogP contribution is -2.46. The Hall–Kier alpha value is -2.76. The van der Waals surface area contributed by atoms with Gasteiger partial charge in [0.15, 0.2) is 0 Å². The average molecular weight is 366 g/mol. The van der Waals surface area contributed by atoms with Gasteiger partial charge in [-0.1, -0.05) is 12.1 Å². The lowest BCUT2D eigenvalue weighted by Gasteiger charge is -2.32. The zero-order valence-corrected chi connectivity index (χ0v) is 15.5. The van der Waals surface area contributed by atoms with Crippen molar-refractivity contribution in [2.24, 2.45) is 5.92 Å². The van der Waals surface area contributed by atoms with Crippen LogP contribution in [0.5, 0.6) is 0 Å². The summed E-state index contributed by atoms with van der Waals surface area (Å²) in [5.41, 5.74) is 2.00. The smallest absolute Gasteiger partial charge is 0.224 e. The predicted molar refractivity (Wildman–Crippen MR) is 103 cm³/mol. The van der Waals surface area contributed by atoms with Gasteiger partial charge in [-0.05, 0) is 43.5 Å². The number of carbonyl (C=O) groups excluding carboxylic acids is 2. The zero-order chi connectivity index (χ0) is 18.9. The van der Waals surface area contributed by atoms with Crippen molar-refractivity contribution in [1.29, 1.82) is 0 Å². The van der Waals surface area contributed by atoms with Gasteiger partial charge in [0.25, 0.3) is 0 Å². The fourth-order valence-electron chi connectivity index (χ4n) is 3.31. The van der Waals surface area contributed by atoms with Gasteiger partial charge in [-0.15, -0.1) is 0 Å². The van der Waals surface area contributed by atoms with Crippen LogP contribution in [-0.4, -0.2) is 46.3 Å². The molecule has 6 heteroatoms. The molecule has 2 amide bonds. The highest BCUT2D eigenvalue weighted by Crippen LogP contribution is 2.18. The van der Waals surface area contributed by atoms with Crippen LogP contribution in [-0.2, 0) is 22.4 Å². The van der Waals surface area contributed by atoms with Gasteiger partial charge in [0.05, 0.1) is 5.92 Å². The molecule has 0 aromatic carbocycles. The number of hydrogen-bond acceptors (Lipinski definition) is 4. The van der Waals surface area contributed by atoms with E-state index in [4.69, 9.17) is 0 Å². The molecule has 142 valence electrons. The number of carbonyl (C=O) groups is 2. The minimum Gasteiger partial charge on any atom is -0.356 e. The van der Waals surface area contributed by atoms with Crippen molar-refractivity contribution >= 4 is 11.8 Å². The minimum atomic E-state index is -0.124. The zero-order valence-electron chi connectivity index (χ0n) is 15.5. The van der Waals surface area contributed by atoms with Crippen molar-refractivity contribution in [3.8, 4) is 0 Å². The molecule has 0 radical (unpaired) electrons. The van der Waals surface area contributed by atoms with E-state index in [1.165, 1.54) is 0 Å². The number of nitrogens with zero attached hydrogens (tertiary/aromatic N) is 3. The van der Waals surface area contributed by atoms with E-state index >= 15 is 0 Å². The average Bonchev–Trinajstić information content (AvgIpc) is 2.72. The van der Waals surface area contributed by atoms with Crippen molar-refractivity contribution in [2.75, 3.05) is 19.6 Å². The minimum absolute atomic E-state index is 0.0476. The highest BCUT2D eigenvalue weighted by atomic mass is 16.2. The number of aryl methyl sites for hydroxylation is 1. The van der Waals surface area contributed by atoms with Crippen molar-refractivity contribution < 1.29 is 9.59 Å². The van der Waals surface area contributed by atoms with Crippen LogP contribution in [0.4, 0.5) is 0 Å². The molecule has 27 heavy (non-hydrogen) atoms. The number of pyridine rings is 2. The second kappa shape index (κ2) is 9.80. The highest BCUT2D eigenvalue weighted by molar-refractivity contribution is 5.83. The number of likely N-dealkylation sites (tertiary alicyclic amines) is 1. The summed E-state index contributed by atoms with van der Waals surface area (Å²) in [7, 11) is 0. The molecule has 1 atom stereocenters. The van der Waals surface area contributed by atoms with Gasteiger partial charge >= 0.3 is 0 Å². The summed E-state index contributed by atoms with van der Waals surface area (Å²) in [5, 5.41) is 3.01. The molecular formula is C21H26N4O2. The monoisotopic (exact) mass is 366 g/mol. The molecule has 2 aromatic heterocycles. The van der Waals surface area contributed by atoms with Gasteiger partial charge in [-0.25, -0.2) is 0 Å². The molecule has 0 bridgehead atoms. The first-order valence-corrected chi connectivity index (χ1v) is 9.57. The maximum atomic E-state index is 12.5. The second-order valence-electron chi connectivity index (χ2n) is 6.86. The van der Waals surface area contributed by atoms with Gasteiger partial charge in [0.2, 0.25) is 11.8 Å². The normalized spacial score (nSPS) is 17.0. The van der Waals surface area contributed by atoms with E-state index in [0.717, 1.165) is 24.2 Å². The Morgan fingerprint density at radius 3 is 2.44 bits per heavy atom. The Labute approximate surface area is 160 Å². The van der Waals surface area contributed by atoms with Crippen LogP contribution in [0.25, 0.3) is 0 Å². The molecule has 6 nitrogen and oxygen atoms in total. The highest BCUT2D eigenvalue weighted by Gasteiger charge is 2.29. The molecule has 1 fully saturated rings. The van der Waals surface area contributed by atoms with E-state index in [0.29, 0.717) is 38.9 Å². The third kappa shape index (κ3) is 5.88. The number of aromatic nitrogens is 2. The van der Waals surface area contributed by atoms with Gasteiger partial charge in [0, 0.05) is 56.3 Å². The molecule has 1 saturated heterocycles. The summed E-state index contributed by atoms with van der Waals surface area (Å²) in [6, 6.07) is 11.6. The Morgan fingerprint density at radius 2 is 1.78 bits per heavy atom. The summed E-state index contributed by atoms with van der Waals surface area (Å²) in [6.07, 6.45) is 7.03. The molecule has 0 aliphatic carbocycles. The van der Waals surface area contributed by atoms with E-state index < -0.39 is 0 Å². The predicted octanol–water partition coefficient (Wildman–Crippen LogP) is 2.01. The largest absolute Gasteiger partial charge is 0.356 e. The maximum Gasteiger partial charge on any atom is 0.224 e. The molecule has 2 aromatic rings. The lowest BCUT2D eigenvalue weighted by atomic mass is 9.96. The van der Waals surface area contributed by atoms with Crippen LogP contribution >= 0.6 is 0 Å². The summed E-state index contributed by atoms with van der Waals surface area (Å²) in [6.45, 7) is 1.74. The Morgan fingerprint density at radius 1 is 1.07 bits per heavy atom. The molecule has 3 rings (SSSR count). The quantitative estimate of drug-likeness (QED) is 0.725. The van der Waals surface area contributed by atoms with Crippen molar-refractivity contribution in [2.45, 2.75) is 32.1 Å². The first kappa shape index (κ1) is 19.0. The summed E-state index contributed by atoms with van der Waals surface area (Å²) < 4.78 is 0. The first-order chi connectivity index (χ1) is 13.2. The third-order valence-corrected chi connectivity index (χ3v) is 4.87. The van der Waals surface area contributed by atoms with Crippen LogP contribution in [0, 0.1) is 5.92 Å². The molecule has 1 aliphatic rings. The third-order valence-electron chi connectivity index (χ3n) is 4.87. The number of nitrogens with one attached hydrogen (secondary N) is 1. The fraction of sp³-hybridized carbons (Fsp3) is 0.429. The topological polar surface area (TPSA) is 75.2 Å². The van der Waals surface area contributed by atoms with E-state index in [2.05, 4.69) is 15.3 Å². The van der Waals surface area contributed by atoms with Crippen LogP contribution in [0.2, 0.25) is 0 Å². The maximum absolute atomic E-state index is 12.5. The standard InChI is InChI=1S/C21H26N4O2/c26-20-10-9-17(16-25(20)15-11-19-7-2-4-13-23-19)21(27)24-14-5-8-18-6-1-3-12-22-18/h1-4,6-7,12-13,17H,5,8-11,14-16H2,(H,24,27). The number of amides is 2. The van der Waals surface area contributed by atoms with E-state index in [1.54, 1.807) is 17.3 Å². The van der Waals surface area contributed by atoms with Crippen molar-refractivity contribution in [1.82, 2.24) is 20.2 Å². The fourth-order valence-corrected chi connectivity index (χ4v) is 3.31.